The number of hydrogen-bond acceptors (Lipinski definition) is 11. The van der Waals surface area contributed by atoms with Crippen molar-refractivity contribution in [2.24, 2.45) is 0 Å². The lowest BCUT2D eigenvalue weighted by Crippen LogP contribution is -2.03. The van der Waals surface area contributed by atoms with Gasteiger partial charge in [0.1, 0.15) is 11.8 Å². The van der Waals surface area contributed by atoms with Crippen molar-refractivity contribution >= 4 is 143 Å². The summed E-state index contributed by atoms with van der Waals surface area (Å²) in [5, 5.41) is 14.5. The molecule has 0 atom stereocenters. The summed E-state index contributed by atoms with van der Waals surface area (Å²) >= 11 is 13.3. The van der Waals surface area contributed by atoms with Gasteiger partial charge in [-0.2, -0.15) is 42.9 Å². The van der Waals surface area contributed by atoms with Gasteiger partial charge in [-0.1, -0.05) is 91.3 Å². The van der Waals surface area contributed by atoms with Crippen LogP contribution >= 0.6 is 90.7 Å². The molecule has 0 unspecified atom stereocenters. The molecular weight excluding hydrogens is 1310 g/mol. The van der Waals surface area contributed by atoms with Crippen molar-refractivity contribution in [2.75, 3.05) is 7.11 Å². The topological polar surface area (TPSA) is 54.5 Å². The molecule has 8 heterocycles. The Hall–Kier alpha value is -8.01. The molecule has 8 aromatic heterocycles. The number of carbonyl (C=O) groups excluding carboxylic acids is 1. The quantitative estimate of drug-likeness (QED) is 0.0619. The molecule has 0 spiro atoms. The monoisotopic (exact) mass is 1360 g/mol. The molecule has 0 saturated carbocycles. The van der Waals surface area contributed by atoms with E-state index in [1.54, 1.807) is 92.5 Å². The summed E-state index contributed by atoms with van der Waals surface area (Å²) < 4.78 is 88.5. The Bertz CT molecular complexity index is 4990. The molecule has 4 nitrogen and oxygen atoms in total. The van der Waals surface area contributed by atoms with E-state index in [-0.39, 0.29) is 7.43 Å². The number of alkyl halides is 6. The van der Waals surface area contributed by atoms with E-state index < -0.39 is 23.5 Å². The molecule has 91 heavy (non-hydrogen) atoms. The number of nitrogens with zero attached hydrogens (tertiary/aromatic N) is 2. The summed E-state index contributed by atoms with van der Waals surface area (Å²) in [5.41, 5.74) is 6.76. The minimum absolute atomic E-state index is 0. The van der Waals surface area contributed by atoms with Crippen molar-refractivity contribution in [1.82, 2.24) is 0 Å². The molecule has 0 radical (unpaired) electrons. The Kier molecular flexibility index (Phi) is 18.0. The average molecular weight is 1360 g/mol. The summed E-state index contributed by atoms with van der Waals surface area (Å²) in [6, 6.07) is 55.0. The van der Waals surface area contributed by atoms with Gasteiger partial charge in [-0.25, -0.2) is 4.85 Å². The summed E-state index contributed by atoms with van der Waals surface area (Å²) in [6.07, 6.45) is -5.05. The first-order valence-electron chi connectivity index (χ1n) is 28.0. The van der Waals surface area contributed by atoms with Gasteiger partial charge in [-0.05, 0) is 155 Å². The van der Waals surface area contributed by atoms with Crippen LogP contribution in [0.5, 0.6) is 5.75 Å². The van der Waals surface area contributed by atoms with Crippen molar-refractivity contribution in [2.45, 2.75) is 59.3 Å². The third-order valence-electron chi connectivity index (χ3n) is 15.3. The van der Waals surface area contributed by atoms with Crippen molar-refractivity contribution in [3.63, 3.8) is 0 Å². The number of rotatable bonds is 14. The zero-order chi connectivity index (χ0) is 62.6. The van der Waals surface area contributed by atoms with Crippen LogP contribution in [-0.4, -0.2) is 13.4 Å². The van der Waals surface area contributed by atoms with Gasteiger partial charge in [0.05, 0.1) is 35.2 Å². The molecular formula is C73H50F6N2O2S8. The largest absolute Gasteiger partial charge is 0.496 e. The van der Waals surface area contributed by atoms with Gasteiger partial charge in [0.25, 0.3) is 0 Å². The molecule has 0 aliphatic carbocycles. The first-order chi connectivity index (χ1) is 43.3. The summed E-state index contributed by atoms with van der Waals surface area (Å²) in [7, 11) is 1.62. The minimum Gasteiger partial charge on any atom is -0.496 e. The molecule has 0 aliphatic rings. The number of ether oxygens (including phenoxy) is 1. The molecule has 454 valence electrons. The highest BCUT2D eigenvalue weighted by Gasteiger charge is 2.31. The van der Waals surface area contributed by atoms with Crippen molar-refractivity contribution in [3.05, 3.63) is 254 Å². The fraction of sp³-hybridized carbons (Fsp3) is 0.137. The number of hydrogen-bond donors (Lipinski definition) is 0. The smallest absolute Gasteiger partial charge is 0.416 e. The van der Waals surface area contributed by atoms with E-state index >= 15 is 0 Å². The highest BCUT2D eigenvalue weighted by molar-refractivity contribution is 7.22. The second-order valence-electron chi connectivity index (χ2n) is 21.6. The maximum atomic E-state index is 13.0. The number of aryl methyl sites for hydroxylation is 2. The molecule has 0 amide bonds. The fourth-order valence-electron chi connectivity index (χ4n) is 10.7. The Morgan fingerprint density at radius 1 is 0.462 bits per heavy atom. The first kappa shape index (κ1) is 63.2. The molecule has 14 rings (SSSR count). The van der Waals surface area contributed by atoms with Crippen molar-refractivity contribution < 1.29 is 35.9 Å². The molecule has 14 aromatic rings. The van der Waals surface area contributed by atoms with E-state index in [2.05, 4.69) is 122 Å². The van der Waals surface area contributed by atoms with Gasteiger partial charge in [-0.15, -0.1) is 79.4 Å². The highest BCUT2D eigenvalue weighted by Crippen LogP contribution is 2.45. The molecule has 0 bridgehead atoms. The molecule has 0 aliphatic heterocycles. The molecule has 0 fully saturated rings. The van der Waals surface area contributed by atoms with Crippen LogP contribution in [-0.2, 0) is 38.0 Å². The van der Waals surface area contributed by atoms with Crippen molar-refractivity contribution in [3.8, 4) is 53.6 Å². The number of nitriles is 1. The Balaban J connectivity index is 0.000000174. The van der Waals surface area contributed by atoms with Gasteiger partial charge in [0.15, 0.2) is 6.29 Å². The van der Waals surface area contributed by atoms with E-state index in [0.29, 0.717) is 24.1 Å². The minimum atomic E-state index is -4.38. The lowest BCUT2D eigenvalue weighted by atomic mass is 10.1. The van der Waals surface area contributed by atoms with E-state index in [0.717, 1.165) is 126 Å². The van der Waals surface area contributed by atoms with Gasteiger partial charge >= 0.3 is 12.4 Å². The third-order valence-corrected chi connectivity index (χ3v) is 24.4. The number of thiophene rings is 8. The van der Waals surface area contributed by atoms with Gasteiger partial charge < -0.3 is 4.74 Å². The zero-order valence-corrected chi connectivity index (χ0v) is 54.3. The molecule has 18 heteroatoms. The lowest BCUT2D eigenvalue weighted by molar-refractivity contribution is -0.138. The van der Waals surface area contributed by atoms with Gasteiger partial charge in [-0.3, -0.25) is 4.79 Å². The number of carbonyl (C=O) groups is 1. The summed E-state index contributed by atoms with van der Waals surface area (Å²) in [6.45, 7) is 11.8. The predicted molar refractivity (Wildman–Crippen MR) is 374 cm³/mol. The number of halogens is 6. The van der Waals surface area contributed by atoms with Crippen LogP contribution in [0.25, 0.3) is 87.0 Å². The second kappa shape index (κ2) is 25.9. The van der Waals surface area contributed by atoms with Gasteiger partial charge in [0, 0.05) is 104 Å². The van der Waals surface area contributed by atoms with Crippen LogP contribution in [0.15, 0.2) is 170 Å². The summed E-state index contributed by atoms with van der Waals surface area (Å²) in [5.74, 6) is 0.742. The van der Waals surface area contributed by atoms with Gasteiger partial charge in [0.2, 0.25) is 5.69 Å². The van der Waals surface area contributed by atoms with Crippen LogP contribution in [0.3, 0.4) is 0 Å². The average Bonchev–Trinajstić information content (AvgIpc) is 1.69. The number of methoxy groups -OCH3 is 1. The van der Waals surface area contributed by atoms with Crippen LogP contribution in [0.2, 0.25) is 0 Å². The van der Waals surface area contributed by atoms with Crippen molar-refractivity contribution in [1.29, 1.82) is 5.26 Å². The van der Waals surface area contributed by atoms with E-state index in [1.165, 1.54) is 96.3 Å². The van der Waals surface area contributed by atoms with E-state index in [4.69, 9.17) is 11.3 Å². The van der Waals surface area contributed by atoms with Crippen LogP contribution in [0.4, 0.5) is 32.0 Å². The second-order valence-corrected chi connectivity index (χ2v) is 30.8. The predicted octanol–water partition coefficient (Wildman–Crippen LogP) is 25.0. The van der Waals surface area contributed by atoms with Crippen LogP contribution in [0.1, 0.15) is 84.6 Å². The third kappa shape index (κ3) is 13.7. The van der Waals surface area contributed by atoms with Crippen LogP contribution in [0, 0.1) is 31.8 Å². The standard InChI is InChI=1S/C36H21F3N2S4.C36H25F3O2S4.CH4/c2*1-20-3-5-21(6-4-20)30-15-25(19-40)33(44-30)16-27-11-23-13-32-24(14-31(23)42-27)12-28(43-32)17-35-29(41-2)18-34(45-35)22-7-9-26(10-8-22)36(37,38)39;/h3-15,18H,16-17H2,1H3;3-15,18-19H,16-17H2,1-2H3;1H4. The Labute approximate surface area is 553 Å². The number of aldehydes is 1. The highest BCUT2D eigenvalue weighted by atomic mass is 32.1. The zero-order valence-electron chi connectivity index (χ0n) is 47.8. The molecule has 6 aromatic carbocycles. The maximum absolute atomic E-state index is 13.0. The lowest BCUT2D eigenvalue weighted by Gasteiger charge is -2.06. The fourth-order valence-corrected chi connectivity index (χ4v) is 20.1. The number of fused-ring (bicyclic) bond motifs is 4. The summed E-state index contributed by atoms with van der Waals surface area (Å²) in [4.78, 5) is 28.3. The molecule has 0 N–H and O–H groups in total. The Morgan fingerprint density at radius 2 is 0.813 bits per heavy atom. The normalized spacial score (nSPS) is 11.7. The van der Waals surface area contributed by atoms with E-state index in [1.807, 2.05) is 18.2 Å². The first-order valence-corrected chi connectivity index (χ1v) is 34.5. The van der Waals surface area contributed by atoms with E-state index in [9.17, 15) is 36.4 Å². The SMILES string of the molecule is C.COc1cc(-c2ccc(C(F)(F)F)cc2)sc1Cc1cc2cc3sc(Cc4sc(-c5ccc(C)cc5)cc4C=O)cc3cc2s1.[C-]#[N+]c1cc(-c2ccc(C(F)(F)F)cc2)sc1Cc1cc2cc3sc(Cc4sc(-c5ccc(C)cc5)cc4C#N)cc3cc2s1. The number of benzene rings is 6. The molecule has 0 saturated heterocycles. The maximum Gasteiger partial charge on any atom is 0.416 e. The van der Waals surface area contributed by atoms with Crippen LogP contribution < -0.4 is 4.74 Å². The Morgan fingerprint density at radius 3 is 1.22 bits per heavy atom.